The lowest BCUT2D eigenvalue weighted by atomic mass is 10.4. The first-order chi connectivity index (χ1) is 6.83. The number of aryl methyl sites for hydroxylation is 1. The van der Waals surface area contributed by atoms with E-state index in [2.05, 4.69) is 9.97 Å². The van der Waals surface area contributed by atoms with Crippen LogP contribution in [0.4, 0.5) is 0 Å². The van der Waals surface area contributed by atoms with Crippen LogP contribution in [0.25, 0.3) is 11.2 Å². The van der Waals surface area contributed by atoms with Crippen molar-refractivity contribution in [1.29, 1.82) is 0 Å². The number of aromatic nitrogens is 3. The highest BCUT2D eigenvalue weighted by molar-refractivity contribution is 6.17. The van der Waals surface area contributed by atoms with Crippen molar-refractivity contribution in [2.75, 3.05) is 5.88 Å². The third-order valence-corrected chi connectivity index (χ3v) is 2.31. The van der Waals surface area contributed by atoms with E-state index >= 15 is 0 Å². The van der Waals surface area contributed by atoms with Gasteiger partial charge in [-0.3, -0.25) is 4.57 Å². The van der Waals surface area contributed by atoms with Gasteiger partial charge in [0, 0.05) is 18.6 Å². The van der Waals surface area contributed by atoms with Gasteiger partial charge in [0.1, 0.15) is 0 Å². The molecule has 0 aliphatic rings. The van der Waals surface area contributed by atoms with Crippen LogP contribution < -0.4 is 5.69 Å². The van der Waals surface area contributed by atoms with Crippen molar-refractivity contribution in [2.24, 2.45) is 0 Å². The van der Waals surface area contributed by atoms with Crippen molar-refractivity contribution in [3.8, 4) is 0 Å². The monoisotopic (exact) mass is 211 g/mol. The minimum absolute atomic E-state index is 0.121. The molecular weight excluding hydrogens is 202 g/mol. The van der Waals surface area contributed by atoms with Gasteiger partial charge in [0.25, 0.3) is 0 Å². The van der Waals surface area contributed by atoms with Crippen molar-refractivity contribution in [3.05, 3.63) is 28.8 Å². The normalized spacial score (nSPS) is 10.9. The first-order valence-corrected chi connectivity index (χ1v) is 4.96. The number of nitrogens with one attached hydrogen (secondary N) is 1. The largest absolute Gasteiger partial charge is 0.327 e. The van der Waals surface area contributed by atoms with Gasteiger partial charge in [-0.25, -0.2) is 9.78 Å². The molecule has 0 radical (unpaired) electrons. The van der Waals surface area contributed by atoms with E-state index in [1.54, 1.807) is 16.8 Å². The van der Waals surface area contributed by atoms with Gasteiger partial charge in [0.05, 0.1) is 5.52 Å². The molecule has 2 rings (SSSR count). The zero-order valence-electron chi connectivity index (χ0n) is 7.53. The fourth-order valence-electron chi connectivity index (χ4n) is 1.41. The molecular formula is C9H10ClN3O. The Labute approximate surface area is 85.5 Å². The Bertz CT molecular complexity index is 488. The average Bonchev–Trinajstić information content (AvgIpc) is 2.51. The van der Waals surface area contributed by atoms with Crippen LogP contribution >= 0.6 is 11.6 Å². The van der Waals surface area contributed by atoms with Crippen LogP contribution in [0.15, 0.2) is 23.1 Å². The minimum Gasteiger partial charge on any atom is -0.304 e. The average molecular weight is 212 g/mol. The van der Waals surface area contributed by atoms with E-state index in [1.807, 2.05) is 6.07 Å². The topological polar surface area (TPSA) is 50.7 Å². The molecule has 0 aliphatic heterocycles. The zero-order chi connectivity index (χ0) is 9.97. The summed E-state index contributed by atoms with van der Waals surface area (Å²) < 4.78 is 1.61. The molecule has 2 aromatic heterocycles. The van der Waals surface area contributed by atoms with Gasteiger partial charge in [0.15, 0.2) is 5.65 Å². The molecule has 2 aromatic rings. The SMILES string of the molecule is O=c1[nH]c2cccnc2n1CCCCl. The third-order valence-electron chi connectivity index (χ3n) is 2.04. The van der Waals surface area contributed by atoms with Crippen molar-refractivity contribution < 1.29 is 0 Å². The van der Waals surface area contributed by atoms with Crippen LogP contribution in [-0.2, 0) is 6.54 Å². The quantitative estimate of drug-likeness (QED) is 0.780. The van der Waals surface area contributed by atoms with E-state index in [0.717, 1.165) is 11.9 Å². The molecule has 0 unspecified atom stereocenters. The van der Waals surface area contributed by atoms with Crippen molar-refractivity contribution >= 4 is 22.8 Å². The van der Waals surface area contributed by atoms with Gasteiger partial charge in [-0.05, 0) is 18.6 Å². The van der Waals surface area contributed by atoms with Crippen LogP contribution in [0.3, 0.4) is 0 Å². The lowest BCUT2D eigenvalue weighted by molar-refractivity contribution is 0.672. The second kappa shape index (κ2) is 3.84. The summed E-state index contributed by atoms with van der Waals surface area (Å²) in [7, 11) is 0. The summed E-state index contributed by atoms with van der Waals surface area (Å²) in [4.78, 5) is 18.4. The standard InChI is InChI=1S/C9H10ClN3O/c10-4-2-6-13-8-7(12-9(13)14)3-1-5-11-8/h1,3,5H,2,4,6H2,(H,12,14). The number of alkyl halides is 1. The summed E-state index contributed by atoms with van der Waals surface area (Å²) in [5.41, 5.74) is 1.35. The Morgan fingerprint density at radius 2 is 2.43 bits per heavy atom. The summed E-state index contributed by atoms with van der Waals surface area (Å²) in [6, 6.07) is 3.63. The number of nitrogens with zero attached hydrogens (tertiary/aromatic N) is 2. The van der Waals surface area contributed by atoms with E-state index in [-0.39, 0.29) is 5.69 Å². The Morgan fingerprint density at radius 3 is 3.21 bits per heavy atom. The Hall–Kier alpha value is -1.29. The maximum Gasteiger partial charge on any atom is 0.327 e. The zero-order valence-corrected chi connectivity index (χ0v) is 8.29. The highest BCUT2D eigenvalue weighted by atomic mass is 35.5. The van der Waals surface area contributed by atoms with E-state index in [0.29, 0.717) is 18.1 Å². The molecule has 0 bridgehead atoms. The van der Waals surface area contributed by atoms with Crippen molar-refractivity contribution in [1.82, 2.24) is 14.5 Å². The molecule has 0 amide bonds. The summed E-state index contributed by atoms with van der Waals surface area (Å²) in [6.45, 7) is 0.610. The summed E-state index contributed by atoms with van der Waals surface area (Å²) in [6.07, 6.45) is 2.44. The van der Waals surface area contributed by atoms with Crippen LogP contribution in [0.5, 0.6) is 0 Å². The number of halogens is 1. The smallest absolute Gasteiger partial charge is 0.304 e. The van der Waals surface area contributed by atoms with Gasteiger partial charge in [-0.15, -0.1) is 11.6 Å². The second-order valence-corrected chi connectivity index (χ2v) is 3.38. The van der Waals surface area contributed by atoms with Gasteiger partial charge < -0.3 is 4.98 Å². The number of hydrogen-bond donors (Lipinski definition) is 1. The van der Waals surface area contributed by atoms with E-state index in [1.165, 1.54) is 0 Å². The van der Waals surface area contributed by atoms with Gasteiger partial charge in [-0.2, -0.15) is 0 Å². The lowest BCUT2D eigenvalue weighted by Crippen LogP contribution is -2.17. The molecule has 0 aromatic carbocycles. The second-order valence-electron chi connectivity index (χ2n) is 3.00. The molecule has 0 saturated carbocycles. The van der Waals surface area contributed by atoms with Gasteiger partial charge in [-0.1, -0.05) is 0 Å². The molecule has 0 atom stereocenters. The fraction of sp³-hybridized carbons (Fsp3) is 0.333. The maximum atomic E-state index is 11.5. The molecule has 0 saturated heterocycles. The van der Waals surface area contributed by atoms with Crippen LogP contribution in [0.1, 0.15) is 6.42 Å². The summed E-state index contributed by atoms with van der Waals surface area (Å²) in [5.74, 6) is 0.548. The Kier molecular flexibility index (Phi) is 2.54. The first-order valence-electron chi connectivity index (χ1n) is 4.42. The van der Waals surface area contributed by atoms with Crippen LogP contribution in [0, 0.1) is 0 Å². The van der Waals surface area contributed by atoms with Crippen LogP contribution in [0.2, 0.25) is 0 Å². The molecule has 0 spiro atoms. The van der Waals surface area contributed by atoms with Gasteiger partial charge in [0.2, 0.25) is 0 Å². The third kappa shape index (κ3) is 1.53. The maximum absolute atomic E-state index is 11.5. The predicted octanol–water partition coefficient (Wildman–Crippen LogP) is 1.35. The Balaban J connectivity index is 2.51. The summed E-state index contributed by atoms with van der Waals surface area (Å²) >= 11 is 5.58. The van der Waals surface area contributed by atoms with E-state index < -0.39 is 0 Å². The summed E-state index contributed by atoms with van der Waals surface area (Å²) in [5, 5.41) is 0. The number of hydrogen-bond acceptors (Lipinski definition) is 2. The van der Waals surface area contributed by atoms with E-state index in [4.69, 9.17) is 11.6 Å². The number of H-pyrrole nitrogens is 1. The highest BCUT2D eigenvalue weighted by Gasteiger charge is 2.05. The number of rotatable bonds is 3. The molecule has 2 heterocycles. The molecule has 0 fully saturated rings. The van der Waals surface area contributed by atoms with Crippen molar-refractivity contribution in [3.63, 3.8) is 0 Å². The fourth-order valence-corrected chi connectivity index (χ4v) is 1.53. The highest BCUT2D eigenvalue weighted by Crippen LogP contribution is 2.05. The lowest BCUT2D eigenvalue weighted by Gasteiger charge is -1.98. The van der Waals surface area contributed by atoms with Crippen LogP contribution in [-0.4, -0.2) is 20.4 Å². The molecule has 5 heteroatoms. The molecule has 0 aliphatic carbocycles. The number of aromatic amines is 1. The number of pyridine rings is 1. The molecule has 1 N–H and O–H groups in total. The van der Waals surface area contributed by atoms with Gasteiger partial charge >= 0.3 is 5.69 Å². The number of fused-ring (bicyclic) bond motifs is 1. The molecule has 14 heavy (non-hydrogen) atoms. The Morgan fingerprint density at radius 1 is 1.57 bits per heavy atom. The minimum atomic E-state index is -0.121. The van der Waals surface area contributed by atoms with E-state index in [9.17, 15) is 4.79 Å². The molecule has 4 nitrogen and oxygen atoms in total. The van der Waals surface area contributed by atoms with Crippen molar-refractivity contribution in [2.45, 2.75) is 13.0 Å². The predicted molar refractivity (Wildman–Crippen MR) is 55.7 cm³/mol. The number of imidazole rings is 1. The molecule has 74 valence electrons. The first kappa shape index (κ1) is 9.27.